The van der Waals surface area contributed by atoms with Crippen molar-refractivity contribution in [1.29, 1.82) is 0 Å². The molecule has 4 rings (SSSR count). The van der Waals surface area contributed by atoms with E-state index in [4.69, 9.17) is 0 Å². The van der Waals surface area contributed by atoms with Crippen LogP contribution < -0.4 is 0 Å². The fraction of sp³-hybridized carbons (Fsp3) is 0.238. The monoisotopic (exact) mass is 347 g/mol. The topological polar surface area (TPSA) is 56.7 Å². The van der Waals surface area contributed by atoms with Gasteiger partial charge in [-0.15, -0.1) is 0 Å². The van der Waals surface area contributed by atoms with Crippen LogP contribution in [0.3, 0.4) is 0 Å². The zero-order valence-corrected chi connectivity index (χ0v) is 14.7. The van der Waals surface area contributed by atoms with Gasteiger partial charge in [-0.1, -0.05) is 18.2 Å². The normalized spacial score (nSPS) is 15.3. The minimum Gasteiger partial charge on any atom is -0.506 e. The van der Waals surface area contributed by atoms with Crippen LogP contribution in [0.5, 0.6) is 5.75 Å². The Bertz CT molecular complexity index is 962. The lowest BCUT2D eigenvalue weighted by Crippen LogP contribution is -2.47. The van der Waals surface area contributed by atoms with Crippen molar-refractivity contribution in [1.82, 2.24) is 14.8 Å². The Hall–Kier alpha value is -2.92. The third kappa shape index (κ3) is 3.13. The summed E-state index contributed by atoms with van der Waals surface area (Å²) in [5.41, 5.74) is 3.04. The molecule has 2 aromatic carbocycles. The molecular weight excluding hydrogens is 326 g/mol. The molecule has 1 aromatic heterocycles. The molecule has 0 radical (unpaired) electrons. The number of aromatic hydroxyl groups is 1. The van der Waals surface area contributed by atoms with Gasteiger partial charge in [-0.05, 0) is 48.5 Å². The third-order valence-corrected chi connectivity index (χ3v) is 4.92. The maximum atomic E-state index is 12.8. The van der Waals surface area contributed by atoms with Crippen LogP contribution in [0.15, 0.2) is 54.7 Å². The van der Waals surface area contributed by atoms with Crippen LogP contribution in [0.4, 0.5) is 0 Å². The molecule has 1 N–H and O–H groups in total. The van der Waals surface area contributed by atoms with Crippen molar-refractivity contribution in [2.45, 2.75) is 0 Å². The van der Waals surface area contributed by atoms with Gasteiger partial charge in [0.2, 0.25) is 0 Å². The van der Waals surface area contributed by atoms with E-state index in [1.165, 1.54) is 0 Å². The van der Waals surface area contributed by atoms with Gasteiger partial charge in [-0.2, -0.15) is 0 Å². The van der Waals surface area contributed by atoms with Crippen molar-refractivity contribution < 1.29 is 9.90 Å². The van der Waals surface area contributed by atoms with Gasteiger partial charge in [0.15, 0.2) is 0 Å². The van der Waals surface area contributed by atoms with E-state index >= 15 is 0 Å². The van der Waals surface area contributed by atoms with Crippen molar-refractivity contribution in [3.05, 3.63) is 60.3 Å². The molecular formula is C21H21N3O2. The fourth-order valence-electron chi connectivity index (χ4n) is 3.36. The number of likely N-dealkylation sites (N-methyl/N-ethyl adjacent to an activating group) is 1. The average molecular weight is 347 g/mol. The van der Waals surface area contributed by atoms with Crippen molar-refractivity contribution in [3.8, 4) is 16.9 Å². The van der Waals surface area contributed by atoms with E-state index in [0.717, 1.165) is 42.7 Å². The highest BCUT2D eigenvalue weighted by Crippen LogP contribution is 2.31. The molecule has 0 spiro atoms. The highest BCUT2D eigenvalue weighted by Gasteiger charge is 2.20. The molecule has 2 heterocycles. The predicted molar refractivity (Wildman–Crippen MR) is 102 cm³/mol. The Morgan fingerprint density at radius 1 is 1.00 bits per heavy atom. The first kappa shape index (κ1) is 16.5. The molecule has 0 bridgehead atoms. The van der Waals surface area contributed by atoms with Crippen molar-refractivity contribution in [3.63, 3.8) is 0 Å². The Kier molecular flexibility index (Phi) is 4.31. The second-order valence-corrected chi connectivity index (χ2v) is 6.75. The molecule has 1 fully saturated rings. The van der Waals surface area contributed by atoms with Gasteiger partial charge < -0.3 is 14.9 Å². The van der Waals surface area contributed by atoms with Crippen molar-refractivity contribution in [2.24, 2.45) is 0 Å². The summed E-state index contributed by atoms with van der Waals surface area (Å²) in [7, 11) is 2.07. The molecule has 26 heavy (non-hydrogen) atoms. The number of amides is 1. The van der Waals surface area contributed by atoms with E-state index in [2.05, 4.69) is 16.9 Å². The number of piperazine rings is 1. The molecule has 1 amide bonds. The Morgan fingerprint density at radius 3 is 2.62 bits per heavy atom. The number of hydrogen-bond donors (Lipinski definition) is 1. The highest BCUT2D eigenvalue weighted by molar-refractivity contribution is 5.96. The summed E-state index contributed by atoms with van der Waals surface area (Å²) in [4.78, 5) is 21.2. The van der Waals surface area contributed by atoms with Gasteiger partial charge in [0.05, 0.1) is 0 Å². The average Bonchev–Trinajstić information content (AvgIpc) is 2.68. The molecule has 1 saturated heterocycles. The molecule has 0 atom stereocenters. The van der Waals surface area contributed by atoms with Crippen LogP contribution in [-0.2, 0) is 0 Å². The number of rotatable bonds is 2. The molecule has 1 aliphatic heterocycles. The predicted octanol–water partition coefficient (Wildman–Crippen LogP) is 3.00. The number of fused-ring (bicyclic) bond motifs is 1. The van der Waals surface area contributed by atoms with E-state index in [1.807, 2.05) is 47.4 Å². The first-order valence-electron chi connectivity index (χ1n) is 8.78. The SMILES string of the molecule is CN1CCN(C(=O)c2cccc(-c3cc(O)c4ncccc4c3)c2)CC1. The van der Waals surface area contributed by atoms with E-state index in [-0.39, 0.29) is 11.7 Å². The second-order valence-electron chi connectivity index (χ2n) is 6.75. The van der Waals surface area contributed by atoms with Gasteiger partial charge in [0, 0.05) is 43.3 Å². The van der Waals surface area contributed by atoms with Gasteiger partial charge >= 0.3 is 0 Å². The fourth-order valence-corrected chi connectivity index (χ4v) is 3.36. The van der Waals surface area contributed by atoms with E-state index < -0.39 is 0 Å². The number of aromatic nitrogens is 1. The number of nitrogens with zero attached hydrogens (tertiary/aromatic N) is 3. The smallest absolute Gasteiger partial charge is 0.253 e. The maximum Gasteiger partial charge on any atom is 0.253 e. The number of benzene rings is 2. The number of carbonyl (C=O) groups excluding carboxylic acids is 1. The molecule has 0 aliphatic carbocycles. The molecule has 1 aliphatic rings. The molecule has 3 aromatic rings. The van der Waals surface area contributed by atoms with Crippen LogP contribution in [0.2, 0.25) is 0 Å². The molecule has 5 nitrogen and oxygen atoms in total. The lowest BCUT2D eigenvalue weighted by atomic mass is 10.00. The third-order valence-electron chi connectivity index (χ3n) is 4.92. The number of pyridine rings is 1. The molecule has 0 unspecified atom stereocenters. The zero-order valence-electron chi connectivity index (χ0n) is 14.7. The Labute approximate surface area is 152 Å². The number of phenolic OH excluding ortho intramolecular Hbond substituents is 1. The molecule has 0 saturated carbocycles. The summed E-state index contributed by atoms with van der Waals surface area (Å²) < 4.78 is 0. The second kappa shape index (κ2) is 6.77. The van der Waals surface area contributed by atoms with Gasteiger partial charge in [0.1, 0.15) is 11.3 Å². The molecule has 132 valence electrons. The minimum absolute atomic E-state index is 0.0617. The van der Waals surface area contributed by atoms with Crippen LogP contribution >= 0.6 is 0 Å². The Balaban J connectivity index is 1.67. The standard InChI is InChI=1S/C21H21N3O2/c1-23-8-10-24(11-9-23)21(26)17-5-2-4-15(12-17)18-13-16-6-3-7-22-20(16)19(25)14-18/h2-7,12-14,25H,8-11H2,1H3. The first-order valence-corrected chi connectivity index (χ1v) is 8.78. The van der Waals surface area contributed by atoms with Gasteiger partial charge in [0.25, 0.3) is 5.91 Å². The van der Waals surface area contributed by atoms with Crippen molar-refractivity contribution in [2.75, 3.05) is 33.2 Å². The van der Waals surface area contributed by atoms with Crippen LogP contribution in [0, 0.1) is 0 Å². The van der Waals surface area contributed by atoms with Gasteiger partial charge in [-0.3, -0.25) is 9.78 Å². The number of hydrogen-bond acceptors (Lipinski definition) is 4. The lowest BCUT2D eigenvalue weighted by Gasteiger charge is -2.32. The highest BCUT2D eigenvalue weighted by atomic mass is 16.3. The van der Waals surface area contributed by atoms with Crippen LogP contribution in [-0.4, -0.2) is 59.0 Å². The summed E-state index contributed by atoms with van der Waals surface area (Å²) >= 11 is 0. The summed E-state index contributed by atoms with van der Waals surface area (Å²) in [6.07, 6.45) is 1.66. The van der Waals surface area contributed by atoms with Crippen molar-refractivity contribution >= 4 is 16.8 Å². The molecule has 5 heteroatoms. The quantitative estimate of drug-likeness (QED) is 0.774. The van der Waals surface area contributed by atoms with Crippen LogP contribution in [0.25, 0.3) is 22.0 Å². The minimum atomic E-state index is 0.0617. The number of phenols is 1. The Morgan fingerprint density at radius 2 is 1.81 bits per heavy atom. The maximum absolute atomic E-state index is 12.8. The summed E-state index contributed by atoms with van der Waals surface area (Å²) in [5.74, 6) is 0.209. The van der Waals surface area contributed by atoms with Gasteiger partial charge in [-0.25, -0.2) is 0 Å². The van der Waals surface area contributed by atoms with Crippen LogP contribution in [0.1, 0.15) is 10.4 Å². The van der Waals surface area contributed by atoms with E-state index in [0.29, 0.717) is 11.1 Å². The lowest BCUT2D eigenvalue weighted by molar-refractivity contribution is 0.0664. The summed E-state index contributed by atoms with van der Waals surface area (Å²) in [6, 6.07) is 15.1. The first-order chi connectivity index (χ1) is 12.6. The number of carbonyl (C=O) groups is 1. The summed E-state index contributed by atoms with van der Waals surface area (Å²) in [6.45, 7) is 3.30. The zero-order chi connectivity index (χ0) is 18.1. The van der Waals surface area contributed by atoms with E-state index in [1.54, 1.807) is 12.3 Å². The van der Waals surface area contributed by atoms with E-state index in [9.17, 15) is 9.90 Å². The summed E-state index contributed by atoms with van der Waals surface area (Å²) in [5, 5.41) is 11.2. The largest absolute Gasteiger partial charge is 0.506 e.